The summed E-state index contributed by atoms with van der Waals surface area (Å²) in [5.41, 5.74) is 0.557. The number of aromatic nitrogens is 8. The molecule has 0 aromatic carbocycles. The summed E-state index contributed by atoms with van der Waals surface area (Å²) in [6, 6.07) is 1.91. The lowest BCUT2D eigenvalue weighted by molar-refractivity contribution is 0.484. The average molecular weight is 344 g/mol. The fourth-order valence-corrected chi connectivity index (χ4v) is 3.59. The lowest BCUT2D eigenvalue weighted by Gasteiger charge is -2.16. The number of fused-ring (bicyclic) bond motifs is 3. The lowest BCUT2D eigenvalue weighted by atomic mass is 9.96. The van der Waals surface area contributed by atoms with Gasteiger partial charge in [-0.3, -0.25) is 13.8 Å². The molecule has 0 spiro atoms. The highest BCUT2D eigenvalue weighted by atomic mass is 32.1. The first-order valence-electron chi connectivity index (χ1n) is 7.45. The normalized spacial score (nSPS) is 12.5. The molecule has 0 amide bonds. The van der Waals surface area contributed by atoms with Crippen molar-refractivity contribution in [2.24, 2.45) is 7.05 Å². The van der Waals surface area contributed by atoms with Gasteiger partial charge in [0.05, 0.1) is 5.52 Å². The van der Waals surface area contributed by atoms with Gasteiger partial charge in [0.25, 0.3) is 5.56 Å². The third kappa shape index (κ3) is 2.06. The number of hydrogen-bond donors (Lipinski definition) is 0. The predicted octanol–water partition coefficient (Wildman–Crippen LogP) is 0.975. The Balaban J connectivity index is 1.94. The summed E-state index contributed by atoms with van der Waals surface area (Å²) in [7, 11) is 1.70. The molecule has 4 heterocycles. The molecule has 9 nitrogen and oxygen atoms in total. The number of hydrogen-bond acceptors (Lipinski definition) is 7. The molecule has 0 saturated carbocycles. The maximum atomic E-state index is 12.4. The number of nitrogens with zero attached hydrogens (tertiary/aromatic N) is 8. The second kappa shape index (κ2) is 4.94. The highest BCUT2D eigenvalue weighted by molar-refractivity contribution is 7.17. The van der Waals surface area contributed by atoms with Crippen molar-refractivity contribution in [2.75, 3.05) is 0 Å². The van der Waals surface area contributed by atoms with Gasteiger partial charge in [-0.15, -0.1) is 26.6 Å². The van der Waals surface area contributed by atoms with Gasteiger partial charge in [-0.2, -0.15) is 0 Å². The van der Waals surface area contributed by atoms with Crippen LogP contribution < -0.4 is 5.56 Å². The Morgan fingerprint density at radius 3 is 2.75 bits per heavy atom. The Morgan fingerprint density at radius 1 is 1.21 bits per heavy atom. The van der Waals surface area contributed by atoms with E-state index >= 15 is 0 Å². The number of tetrazole rings is 1. The van der Waals surface area contributed by atoms with Crippen LogP contribution in [0.1, 0.15) is 32.4 Å². The minimum atomic E-state index is -0.186. The van der Waals surface area contributed by atoms with Gasteiger partial charge in [-0.05, 0) is 21.9 Å². The minimum absolute atomic E-state index is 0.0655. The quantitative estimate of drug-likeness (QED) is 0.538. The van der Waals surface area contributed by atoms with Gasteiger partial charge in [0, 0.05) is 12.5 Å². The largest absolute Gasteiger partial charge is 0.279 e. The molecule has 124 valence electrons. The van der Waals surface area contributed by atoms with Crippen LogP contribution in [0.3, 0.4) is 0 Å². The SMILES string of the molecule is Cn1c(=O)c2sccc2n2c(Cn3nnnc3C(C)(C)C)nnc12. The molecule has 4 aromatic heterocycles. The molecular formula is C14H16N8OS. The maximum Gasteiger partial charge on any atom is 0.272 e. The van der Waals surface area contributed by atoms with E-state index < -0.39 is 0 Å². The third-order valence-corrected chi connectivity index (χ3v) is 4.78. The van der Waals surface area contributed by atoms with E-state index in [2.05, 4.69) is 46.5 Å². The number of aryl methyl sites for hydroxylation is 1. The molecule has 0 saturated heterocycles. The highest BCUT2D eigenvalue weighted by Crippen LogP contribution is 2.21. The van der Waals surface area contributed by atoms with Crippen molar-refractivity contribution in [2.45, 2.75) is 32.7 Å². The number of thiophene rings is 1. The van der Waals surface area contributed by atoms with E-state index in [0.717, 1.165) is 11.3 Å². The molecule has 0 fully saturated rings. The van der Waals surface area contributed by atoms with Gasteiger partial charge >= 0.3 is 0 Å². The molecule has 0 aliphatic rings. The van der Waals surface area contributed by atoms with E-state index in [1.807, 2.05) is 15.8 Å². The van der Waals surface area contributed by atoms with Crippen molar-refractivity contribution in [1.82, 2.24) is 39.4 Å². The molecule has 4 rings (SSSR count). The molecule has 0 radical (unpaired) electrons. The molecule has 4 aromatic rings. The summed E-state index contributed by atoms with van der Waals surface area (Å²) < 4.78 is 5.81. The summed E-state index contributed by atoms with van der Waals surface area (Å²) in [5.74, 6) is 1.96. The maximum absolute atomic E-state index is 12.4. The molecule has 10 heteroatoms. The van der Waals surface area contributed by atoms with Crippen molar-refractivity contribution in [3.63, 3.8) is 0 Å². The third-order valence-electron chi connectivity index (χ3n) is 3.89. The zero-order valence-corrected chi connectivity index (χ0v) is 14.6. The van der Waals surface area contributed by atoms with Crippen LogP contribution in [0, 0.1) is 0 Å². The van der Waals surface area contributed by atoms with Crippen LogP contribution in [0.4, 0.5) is 0 Å². The standard InChI is InChI=1S/C14H16N8OS/c1-14(2,3)12-16-18-19-21(12)7-9-15-17-13-20(4)11(23)10-8(22(9)13)5-6-24-10/h5-6H,7H2,1-4H3. The first kappa shape index (κ1) is 14.9. The highest BCUT2D eigenvalue weighted by Gasteiger charge is 2.24. The average Bonchev–Trinajstić information content (AvgIpc) is 3.22. The van der Waals surface area contributed by atoms with Gasteiger partial charge < -0.3 is 0 Å². The zero-order valence-electron chi connectivity index (χ0n) is 13.8. The van der Waals surface area contributed by atoms with Crippen LogP contribution in [0.2, 0.25) is 0 Å². The van der Waals surface area contributed by atoms with E-state index in [9.17, 15) is 4.79 Å². The Bertz CT molecular complexity index is 1110. The van der Waals surface area contributed by atoms with Crippen LogP contribution in [-0.2, 0) is 19.0 Å². The van der Waals surface area contributed by atoms with Crippen molar-refractivity contribution in [3.8, 4) is 0 Å². The van der Waals surface area contributed by atoms with Crippen molar-refractivity contribution < 1.29 is 0 Å². The zero-order chi connectivity index (χ0) is 17.1. The fourth-order valence-electron chi connectivity index (χ4n) is 2.74. The summed E-state index contributed by atoms with van der Waals surface area (Å²) in [6.45, 7) is 6.54. The fraction of sp³-hybridized carbons (Fsp3) is 0.429. The van der Waals surface area contributed by atoms with Gasteiger partial charge in [0.15, 0.2) is 11.6 Å². The van der Waals surface area contributed by atoms with Crippen LogP contribution in [0.25, 0.3) is 16.0 Å². The molecule has 0 bridgehead atoms. The van der Waals surface area contributed by atoms with E-state index in [1.165, 1.54) is 15.9 Å². The van der Waals surface area contributed by atoms with Gasteiger partial charge in [-0.25, -0.2) is 4.68 Å². The number of rotatable bonds is 2. The molecule has 0 aliphatic heterocycles. The first-order valence-corrected chi connectivity index (χ1v) is 8.33. The van der Waals surface area contributed by atoms with Crippen molar-refractivity contribution in [3.05, 3.63) is 33.4 Å². The van der Waals surface area contributed by atoms with E-state index in [4.69, 9.17) is 0 Å². The van der Waals surface area contributed by atoms with E-state index in [0.29, 0.717) is 22.8 Å². The topological polar surface area (TPSA) is 95.8 Å². The Labute approximate surface area is 140 Å². The second-order valence-electron chi connectivity index (χ2n) is 6.66. The Morgan fingerprint density at radius 2 is 2.00 bits per heavy atom. The van der Waals surface area contributed by atoms with Gasteiger partial charge in [0.2, 0.25) is 5.78 Å². The monoisotopic (exact) mass is 344 g/mol. The summed E-state index contributed by atoms with van der Waals surface area (Å²) in [4.78, 5) is 12.4. The van der Waals surface area contributed by atoms with Crippen LogP contribution in [0.15, 0.2) is 16.2 Å². The first-order chi connectivity index (χ1) is 11.4. The van der Waals surface area contributed by atoms with E-state index in [1.54, 1.807) is 11.7 Å². The summed E-state index contributed by atoms with van der Waals surface area (Å²) >= 11 is 1.41. The van der Waals surface area contributed by atoms with Crippen LogP contribution in [0.5, 0.6) is 0 Å². The van der Waals surface area contributed by atoms with Crippen LogP contribution in [-0.4, -0.2) is 39.4 Å². The second-order valence-corrected chi connectivity index (χ2v) is 7.58. The summed E-state index contributed by atoms with van der Waals surface area (Å²) in [6.07, 6.45) is 0. The Hall–Kier alpha value is -2.62. The van der Waals surface area contributed by atoms with Gasteiger partial charge in [0.1, 0.15) is 11.2 Å². The lowest BCUT2D eigenvalue weighted by Crippen LogP contribution is -2.22. The van der Waals surface area contributed by atoms with Gasteiger partial charge in [-0.1, -0.05) is 20.8 Å². The smallest absolute Gasteiger partial charge is 0.272 e. The molecular weight excluding hydrogens is 328 g/mol. The minimum Gasteiger partial charge on any atom is -0.279 e. The molecule has 0 N–H and O–H groups in total. The van der Waals surface area contributed by atoms with Crippen LogP contribution >= 0.6 is 11.3 Å². The molecule has 0 aliphatic carbocycles. The predicted molar refractivity (Wildman–Crippen MR) is 89.2 cm³/mol. The van der Waals surface area contributed by atoms with Crippen molar-refractivity contribution in [1.29, 1.82) is 0 Å². The van der Waals surface area contributed by atoms with Crippen molar-refractivity contribution >= 4 is 27.3 Å². The Kier molecular flexibility index (Phi) is 3.07. The molecule has 24 heavy (non-hydrogen) atoms. The molecule has 0 atom stereocenters. The van der Waals surface area contributed by atoms with E-state index in [-0.39, 0.29) is 11.0 Å². The molecule has 0 unspecified atom stereocenters. The summed E-state index contributed by atoms with van der Waals surface area (Å²) in [5, 5.41) is 22.3.